The topological polar surface area (TPSA) is 123 Å². The molecular weight excluding hydrogens is 679 g/mol. The Kier molecular flexibility index (Phi) is 8.51. The van der Waals surface area contributed by atoms with Gasteiger partial charge in [-0.3, -0.25) is 4.90 Å². The SMILES string of the molecule is Fc1cc(Cl)ccc1COc1ccc(F)c(N2CCN(Cc3nc4cc(-c5nnc(C(F)(F)F)[nH]5)nnc4n3C[C@]3([SiH3])CCO3)CC2)n1. The van der Waals surface area contributed by atoms with Crippen LogP contribution < -0.4 is 9.64 Å². The van der Waals surface area contributed by atoms with Crippen LogP contribution in [0.1, 0.15) is 23.6 Å². The summed E-state index contributed by atoms with van der Waals surface area (Å²) in [6.07, 6.45) is -3.78. The predicted octanol–water partition coefficient (Wildman–Crippen LogP) is 3.34. The normalized spacial score (nSPS) is 18.8. The minimum absolute atomic E-state index is 0.0785. The number of hydrogen-bond acceptors (Lipinski definition) is 10. The number of benzene rings is 1. The van der Waals surface area contributed by atoms with Crippen LogP contribution in [0.2, 0.25) is 5.02 Å². The minimum atomic E-state index is -4.68. The van der Waals surface area contributed by atoms with E-state index in [1.54, 1.807) is 6.07 Å². The highest BCUT2D eigenvalue weighted by atomic mass is 35.5. The first-order valence-corrected chi connectivity index (χ1v) is 16.4. The van der Waals surface area contributed by atoms with Gasteiger partial charge in [0.1, 0.15) is 29.5 Å². The molecule has 12 nitrogen and oxygen atoms in total. The summed E-state index contributed by atoms with van der Waals surface area (Å²) < 4.78 is 81.8. The van der Waals surface area contributed by atoms with Crippen molar-refractivity contribution in [3.63, 3.8) is 0 Å². The Hall–Kier alpha value is -4.26. The summed E-state index contributed by atoms with van der Waals surface area (Å²) in [7, 11) is 0.771. The quantitative estimate of drug-likeness (QED) is 0.180. The van der Waals surface area contributed by atoms with Gasteiger partial charge in [-0.25, -0.2) is 13.8 Å². The molecule has 0 aliphatic carbocycles. The zero-order chi connectivity index (χ0) is 33.6. The number of aromatic amines is 1. The van der Waals surface area contributed by atoms with Crippen LogP contribution >= 0.6 is 11.6 Å². The van der Waals surface area contributed by atoms with Gasteiger partial charge in [-0.1, -0.05) is 17.7 Å². The van der Waals surface area contributed by atoms with Crippen molar-refractivity contribution in [1.82, 2.24) is 44.8 Å². The number of H-pyrrole nitrogens is 1. The van der Waals surface area contributed by atoms with E-state index >= 15 is 0 Å². The number of halogens is 6. The van der Waals surface area contributed by atoms with Crippen LogP contribution in [0.3, 0.4) is 0 Å². The number of aromatic nitrogens is 8. The van der Waals surface area contributed by atoms with Gasteiger partial charge in [-0.2, -0.15) is 18.2 Å². The Morgan fingerprint density at radius 3 is 2.46 bits per heavy atom. The fourth-order valence-electron chi connectivity index (χ4n) is 5.61. The first kappa shape index (κ1) is 32.3. The van der Waals surface area contributed by atoms with Gasteiger partial charge in [0.15, 0.2) is 23.1 Å². The molecule has 19 heteroatoms. The van der Waals surface area contributed by atoms with Crippen molar-refractivity contribution >= 4 is 38.8 Å². The molecule has 2 aliphatic heterocycles. The summed E-state index contributed by atoms with van der Waals surface area (Å²) in [6.45, 7) is 3.57. The van der Waals surface area contributed by atoms with Crippen LogP contribution in [0, 0.1) is 11.6 Å². The lowest BCUT2D eigenvalue weighted by atomic mass is 10.1. The number of fused-ring (bicyclic) bond motifs is 1. The van der Waals surface area contributed by atoms with Crippen molar-refractivity contribution in [1.29, 1.82) is 0 Å². The lowest BCUT2D eigenvalue weighted by molar-refractivity contribution is -0.144. The Morgan fingerprint density at radius 1 is 0.979 bits per heavy atom. The van der Waals surface area contributed by atoms with Gasteiger partial charge in [0.2, 0.25) is 11.7 Å². The Morgan fingerprint density at radius 2 is 1.77 bits per heavy atom. The summed E-state index contributed by atoms with van der Waals surface area (Å²) in [5.41, 5.74) is 1.30. The molecule has 7 rings (SSSR count). The van der Waals surface area contributed by atoms with Crippen LogP contribution in [0.4, 0.5) is 27.8 Å². The van der Waals surface area contributed by atoms with Gasteiger partial charge in [0.05, 0.1) is 18.3 Å². The van der Waals surface area contributed by atoms with Crippen LogP contribution in [0.25, 0.3) is 22.7 Å². The maximum atomic E-state index is 14.9. The van der Waals surface area contributed by atoms with E-state index in [9.17, 15) is 22.0 Å². The maximum absolute atomic E-state index is 14.9. The van der Waals surface area contributed by atoms with Crippen molar-refractivity contribution < 1.29 is 31.4 Å². The molecule has 0 saturated carbocycles. The molecule has 2 saturated heterocycles. The smallest absolute Gasteiger partial charge is 0.451 e. The third kappa shape index (κ3) is 6.69. The number of hydrogen-bond donors (Lipinski definition) is 1. The van der Waals surface area contributed by atoms with Crippen molar-refractivity contribution in [2.24, 2.45) is 0 Å². The molecule has 5 aromatic rings. The Bertz CT molecular complexity index is 1960. The molecule has 6 heterocycles. The third-order valence-corrected chi connectivity index (χ3v) is 9.71. The summed E-state index contributed by atoms with van der Waals surface area (Å²) in [5.74, 6) is -1.42. The van der Waals surface area contributed by atoms with E-state index in [1.165, 1.54) is 30.3 Å². The number of anilines is 1. The van der Waals surface area contributed by atoms with Crippen LogP contribution in [-0.2, 0) is 30.6 Å². The van der Waals surface area contributed by atoms with Gasteiger partial charge in [0.25, 0.3) is 0 Å². The summed E-state index contributed by atoms with van der Waals surface area (Å²) in [5, 5.41) is 15.2. The standard InChI is InChI=1S/C29H28ClF5N10O2Si/c30-17-2-1-16(19(32)11-17)14-46-23-4-3-18(31)25(37-23)44-8-6-43(7-9-44)13-22-36-21-12-20(24-38-27(42-40-24)29(33,34)35)39-41-26(21)45(22)15-28(48)5-10-47-28/h1-4,11-12H,5-10,13-15H2,48H3,(H,38,40,42)/t28-/m1/s1. The molecule has 48 heavy (non-hydrogen) atoms. The van der Waals surface area contributed by atoms with E-state index in [0.29, 0.717) is 68.4 Å². The van der Waals surface area contributed by atoms with E-state index in [2.05, 4.69) is 35.3 Å². The van der Waals surface area contributed by atoms with E-state index < -0.39 is 23.6 Å². The number of nitrogens with one attached hydrogen (secondary N) is 1. The average molecular weight is 707 g/mol. The lowest BCUT2D eigenvalue weighted by Gasteiger charge is -2.40. The zero-order valence-corrected chi connectivity index (χ0v) is 28.2. The summed E-state index contributed by atoms with van der Waals surface area (Å²) in [4.78, 5) is 15.3. The number of alkyl halides is 3. The molecule has 0 amide bonds. The fraction of sp³-hybridized carbons (Fsp3) is 0.379. The number of piperazine rings is 1. The highest BCUT2D eigenvalue weighted by Crippen LogP contribution is 2.30. The highest BCUT2D eigenvalue weighted by molar-refractivity contribution is 6.30. The van der Waals surface area contributed by atoms with Gasteiger partial charge < -0.3 is 23.9 Å². The number of imidazole rings is 1. The van der Waals surface area contributed by atoms with Gasteiger partial charge in [0, 0.05) is 59.7 Å². The van der Waals surface area contributed by atoms with Gasteiger partial charge >= 0.3 is 6.18 Å². The molecule has 0 unspecified atom stereocenters. The number of nitrogens with zero attached hydrogens (tertiary/aromatic N) is 9. The molecule has 1 N–H and O–H groups in total. The molecule has 2 aliphatic rings. The number of pyridine rings is 1. The monoisotopic (exact) mass is 706 g/mol. The highest BCUT2D eigenvalue weighted by Gasteiger charge is 2.37. The van der Waals surface area contributed by atoms with E-state index in [1.807, 2.05) is 9.47 Å². The van der Waals surface area contributed by atoms with Crippen LogP contribution in [0.15, 0.2) is 36.4 Å². The molecule has 252 valence electrons. The first-order chi connectivity index (χ1) is 22.9. The van der Waals surface area contributed by atoms with Crippen LogP contribution in [0.5, 0.6) is 5.88 Å². The van der Waals surface area contributed by atoms with Crippen molar-refractivity contribution in [2.45, 2.75) is 37.5 Å². The van der Waals surface area contributed by atoms with Crippen molar-refractivity contribution in [2.75, 3.05) is 37.7 Å². The largest absolute Gasteiger partial charge is 0.473 e. The van der Waals surface area contributed by atoms with Crippen LogP contribution in [-0.4, -0.2) is 93.1 Å². The maximum Gasteiger partial charge on any atom is 0.451 e. The zero-order valence-electron chi connectivity index (χ0n) is 25.4. The molecule has 1 aromatic carbocycles. The molecule has 2 fully saturated rings. The summed E-state index contributed by atoms with van der Waals surface area (Å²) >= 11 is 5.82. The van der Waals surface area contributed by atoms with E-state index in [-0.39, 0.29) is 40.1 Å². The van der Waals surface area contributed by atoms with Crippen molar-refractivity contribution in [3.05, 3.63) is 70.3 Å². The lowest BCUT2D eigenvalue weighted by Crippen LogP contribution is -2.49. The molecule has 0 spiro atoms. The Balaban J connectivity index is 1.06. The van der Waals surface area contributed by atoms with E-state index in [4.69, 9.17) is 26.1 Å². The minimum Gasteiger partial charge on any atom is -0.473 e. The number of ether oxygens (including phenoxy) is 2. The molecule has 4 aromatic heterocycles. The molecular formula is C29H28ClF5N10O2Si. The average Bonchev–Trinajstić information content (AvgIpc) is 3.67. The number of rotatable bonds is 9. The first-order valence-electron chi connectivity index (χ1n) is 15.0. The molecule has 1 atom stereocenters. The summed E-state index contributed by atoms with van der Waals surface area (Å²) in [6, 6.07) is 8.48. The predicted molar refractivity (Wildman–Crippen MR) is 166 cm³/mol. The van der Waals surface area contributed by atoms with E-state index in [0.717, 1.165) is 16.7 Å². The second-order valence-electron chi connectivity index (χ2n) is 11.9. The van der Waals surface area contributed by atoms with Crippen molar-refractivity contribution in [3.8, 4) is 17.4 Å². The molecule has 0 radical (unpaired) electrons. The second-order valence-corrected chi connectivity index (χ2v) is 14.1. The fourth-order valence-corrected chi connectivity index (χ4v) is 6.50. The third-order valence-electron chi connectivity index (χ3n) is 8.37. The Labute approximate surface area is 277 Å². The second kappa shape index (κ2) is 12.6. The molecule has 0 bridgehead atoms. The van der Waals surface area contributed by atoms with Gasteiger partial charge in [-0.15, -0.1) is 20.4 Å². The van der Waals surface area contributed by atoms with Gasteiger partial charge in [-0.05, 0) is 30.7 Å².